The Labute approximate surface area is 203 Å². The van der Waals surface area contributed by atoms with E-state index in [0.29, 0.717) is 0 Å². The van der Waals surface area contributed by atoms with Crippen LogP contribution < -0.4 is 14.4 Å². The number of aromatic amines is 1. The largest absolute Gasteiger partial charge is 0.453 e. The molecule has 2 aliphatic rings. The zero-order valence-corrected chi connectivity index (χ0v) is 19.2. The number of hydrogen-bond donors (Lipinski definition) is 1. The first-order chi connectivity index (χ1) is 17.3. The molecule has 0 saturated carbocycles. The number of fused-ring (bicyclic) bond motifs is 8. The van der Waals surface area contributed by atoms with Crippen molar-refractivity contribution in [2.75, 3.05) is 4.90 Å². The molecule has 4 aromatic carbocycles. The molecule has 0 radical (unpaired) electrons. The molecule has 2 aliphatic heterocycles. The molecule has 0 amide bonds. The molecule has 0 aliphatic carbocycles. The minimum Gasteiger partial charge on any atom is -0.453 e. The Hall–Kier alpha value is -4.70. The highest BCUT2D eigenvalue weighted by atomic mass is 16.5. The van der Waals surface area contributed by atoms with E-state index in [2.05, 4.69) is 58.9 Å². The van der Waals surface area contributed by atoms with Gasteiger partial charge in [0.2, 0.25) is 0 Å². The lowest BCUT2D eigenvalue weighted by Crippen LogP contribution is -2.20. The average Bonchev–Trinajstić information content (AvgIpc) is 3.26. The van der Waals surface area contributed by atoms with E-state index < -0.39 is 0 Å². The molecule has 3 heterocycles. The van der Waals surface area contributed by atoms with Gasteiger partial charge in [-0.1, -0.05) is 61.2 Å². The summed E-state index contributed by atoms with van der Waals surface area (Å²) in [6, 6.07) is 24.8. The molecule has 4 nitrogen and oxygen atoms in total. The van der Waals surface area contributed by atoms with Crippen molar-refractivity contribution in [2.45, 2.75) is 6.92 Å². The second-order valence-electron chi connectivity index (χ2n) is 8.69. The van der Waals surface area contributed by atoms with Crippen molar-refractivity contribution in [1.29, 1.82) is 0 Å². The molecule has 5 aromatic rings. The molecule has 35 heavy (non-hydrogen) atoms. The Bertz CT molecular complexity index is 1730. The van der Waals surface area contributed by atoms with Crippen molar-refractivity contribution < 1.29 is 9.47 Å². The van der Waals surface area contributed by atoms with Crippen molar-refractivity contribution in [3.8, 4) is 23.0 Å². The number of anilines is 3. The Morgan fingerprint density at radius 2 is 1.60 bits per heavy atom. The van der Waals surface area contributed by atoms with E-state index in [1.165, 1.54) is 0 Å². The highest BCUT2D eigenvalue weighted by molar-refractivity contribution is 6.16. The summed E-state index contributed by atoms with van der Waals surface area (Å²) in [5.74, 6) is 3.22. The predicted molar refractivity (Wildman–Crippen MR) is 144 cm³/mol. The van der Waals surface area contributed by atoms with Crippen LogP contribution in [0.3, 0.4) is 0 Å². The van der Waals surface area contributed by atoms with Crippen LogP contribution in [-0.4, -0.2) is 4.98 Å². The van der Waals surface area contributed by atoms with E-state index in [4.69, 9.17) is 9.47 Å². The van der Waals surface area contributed by atoms with Crippen LogP contribution in [0.4, 0.5) is 17.1 Å². The number of nitrogens with zero attached hydrogens (tertiary/aromatic N) is 1. The zero-order valence-electron chi connectivity index (χ0n) is 19.2. The fourth-order valence-corrected chi connectivity index (χ4v) is 5.17. The van der Waals surface area contributed by atoms with Gasteiger partial charge in [0.05, 0.1) is 22.3 Å². The van der Waals surface area contributed by atoms with Gasteiger partial charge >= 0.3 is 0 Å². The van der Waals surface area contributed by atoms with E-state index >= 15 is 0 Å². The van der Waals surface area contributed by atoms with Gasteiger partial charge in [-0.2, -0.15) is 0 Å². The van der Waals surface area contributed by atoms with Gasteiger partial charge < -0.3 is 14.5 Å². The first kappa shape index (κ1) is 19.7. The molecular formula is C31H22N2O2. The molecule has 1 aromatic heterocycles. The van der Waals surface area contributed by atoms with Crippen LogP contribution in [0.2, 0.25) is 0 Å². The lowest BCUT2D eigenvalue weighted by Gasteiger charge is -2.38. The summed E-state index contributed by atoms with van der Waals surface area (Å²) in [6.07, 6.45) is 7.99. The second-order valence-corrected chi connectivity index (χ2v) is 8.69. The second kappa shape index (κ2) is 7.40. The normalized spacial score (nSPS) is 13.9. The summed E-state index contributed by atoms with van der Waals surface area (Å²) in [6.45, 7) is 5.91. The van der Waals surface area contributed by atoms with E-state index in [0.717, 1.165) is 73.0 Å². The number of ether oxygens (including phenoxy) is 2. The lowest BCUT2D eigenvalue weighted by molar-refractivity contribution is 0.450. The maximum Gasteiger partial charge on any atom is 0.165 e. The van der Waals surface area contributed by atoms with Gasteiger partial charge in [-0.3, -0.25) is 4.90 Å². The van der Waals surface area contributed by atoms with Gasteiger partial charge in [0.15, 0.2) is 23.0 Å². The first-order valence-electron chi connectivity index (χ1n) is 11.7. The number of nitrogens with one attached hydrogen (secondary N) is 1. The Balaban J connectivity index is 1.56. The van der Waals surface area contributed by atoms with Gasteiger partial charge in [0, 0.05) is 17.0 Å². The van der Waals surface area contributed by atoms with Gasteiger partial charge in [-0.05, 0) is 54.5 Å². The van der Waals surface area contributed by atoms with E-state index in [-0.39, 0.29) is 0 Å². The summed E-state index contributed by atoms with van der Waals surface area (Å²) in [5.41, 5.74) is 7.18. The van der Waals surface area contributed by atoms with Crippen molar-refractivity contribution in [3.05, 3.63) is 109 Å². The van der Waals surface area contributed by atoms with Crippen molar-refractivity contribution >= 4 is 44.4 Å². The predicted octanol–water partition coefficient (Wildman–Crippen LogP) is 9.15. The monoisotopic (exact) mass is 454 g/mol. The third-order valence-corrected chi connectivity index (χ3v) is 6.62. The fourth-order valence-electron chi connectivity index (χ4n) is 5.17. The van der Waals surface area contributed by atoms with Crippen LogP contribution in [0.5, 0.6) is 23.0 Å². The molecule has 0 spiro atoms. The SMILES string of the molecule is C=C/C=C(\C=C/C)c1ccc2[nH]c3cc4c5c(c3c2c1)Oc1ccccc1N5c1ccccc1O4. The number of allylic oxidation sites excluding steroid dienone is 5. The highest BCUT2D eigenvalue weighted by Crippen LogP contribution is 2.62. The summed E-state index contributed by atoms with van der Waals surface area (Å²) >= 11 is 0. The standard InChI is InChI=1S/C31H22N2O2/c1-3-9-19(10-4-2)20-15-16-22-21(17-20)29-23(32-22)18-28-30-31(29)35-27-14-8-6-12-25(27)33(30)24-11-5-7-13-26(24)34-28/h3-18,32H,1H2,2H3/b10-4-,19-9+. The number of rotatable bonds is 3. The van der Waals surface area contributed by atoms with Gasteiger partial charge in [-0.25, -0.2) is 0 Å². The Morgan fingerprint density at radius 1 is 0.857 bits per heavy atom. The minimum atomic E-state index is 0.772. The number of aromatic nitrogens is 1. The van der Waals surface area contributed by atoms with Crippen molar-refractivity contribution in [3.63, 3.8) is 0 Å². The fraction of sp³-hybridized carbons (Fsp3) is 0.0323. The molecule has 4 heteroatoms. The number of para-hydroxylation sites is 4. The quantitative estimate of drug-likeness (QED) is 0.270. The van der Waals surface area contributed by atoms with Crippen LogP contribution in [0.15, 0.2) is 104 Å². The minimum absolute atomic E-state index is 0.772. The molecule has 1 N–H and O–H groups in total. The van der Waals surface area contributed by atoms with Crippen LogP contribution in [0.25, 0.3) is 27.4 Å². The third kappa shape index (κ3) is 2.80. The summed E-state index contributed by atoms with van der Waals surface area (Å²) < 4.78 is 13.0. The zero-order chi connectivity index (χ0) is 23.5. The number of H-pyrrole nitrogens is 1. The molecule has 0 saturated heterocycles. The summed E-state index contributed by atoms with van der Waals surface area (Å²) in [4.78, 5) is 5.84. The van der Waals surface area contributed by atoms with Crippen LogP contribution >= 0.6 is 0 Å². The maximum absolute atomic E-state index is 6.63. The summed E-state index contributed by atoms with van der Waals surface area (Å²) in [5, 5.41) is 2.15. The third-order valence-electron chi connectivity index (χ3n) is 6.62. The maximum atomic E-state index is 6.63. The molecule has 7 rings (SSSR count). The van der Waals surface area contributed by atoms with Gasteiger partial charge in [0.1, 0.15) is 5.69 Å². The first-order valence-corrected chi connectivity index (χ1v) is 11.7. The Morgan fingerprint density at radius 3 is 2.34 bits per heavy atom. The number of benzene rings is 4. The van der Waals surface area contributed by atoms with Gasteiger partial charge in [-0.15, -0.1) is 0 Å². The molecular weight excluding hydrogens is 432 g/mol. The van der Waals surface area contributed by atoms with E-state index in [9.17, 15) is 0 Å². The van der Waals surface area contributed by atoms with E-state index in [1.54, 1.807) is 0 Å². The van der Waals surface area contributed by atoms with Crippen LogP contribution in [0, 0.1) is 0 Å². The van der Waals surface area contributed by atoms with E-state index in [1.807, 2.05) is 61.5 Å². The topological polar surface area (TPSA) is 37.5 Å². The summed E-state index contributed by atoms with van der Waals surface area (Å²) in [7, 11) is 0. The molecule has 0 fully saturated rings. The number of hydrogen-bond acceptors (Lipinski definition) is 3. The molecule has 0 atom stereocenters. The smallest absolute Gasteiger partial charge is 0.165 e. The molecule has 0 bridgehead atoms. The highest BCUT2D eigenvalue weighted by Gasteiger charge is 2.36. The van der Waals surface area contributed by atoms with Crippen LogP contribution in [-0.2, 0) is 0 Å². The van der Waals surface area contributed by atoms with Gasteiger partial charge in [0.25, 0.3) is 0 Å². The average molecular weight is 455 g/mol. The van der Waals surface area contributed by atoms with Crippen molar-refractivity contribution in [2.24, 2.45) is 0 Å². The lowest BCUT2D eigenvalue weighted by atomic mass is 10.00. The molecule has 0 unspecified atom stereocenters. The van der Waals surface area contributed by atoms with Crippen molar-refractivity contribution in [1.82, 2.24) is 4.98 Å². The Kier molecular flexibility index (Phi) is 4.18. The molecule has 168 valence electrons. The van der Waals surface area contributed by atoms with Crippen LogP contribution in [0.1, 0.15) is 12.5 Å².